The Morgan fingerprint density at radius 1 is 1.67 bits per heavy atom. The number of hydrogen-bond acceptors (Lipinski definition) is 4. The molecule has 15 heavy (non-hydrogen) atoms. The summed E-state index contributed by atoms with van der Waals surface area (Å²) in [6.07, 6.45) is 4.38. The van der Waals surface area contributed by atoms with Gasteiger partial charge in [-0.1, -0.05) is 0 Å². The molecule has 0 spiro atoms. The summed E-state index contributed by atoms with van der Waals surface area (Å²) < 4.78 is 1.68. The maximum absolute atomic E-state index is 10.8. The molecule has 1 aliphatic rings. The van der Waals surface area contributed by atoms with Gasteiger partial charge in [0.25, 0.3) is 5.91 Å². The van der Waals surface area contributed by atoms with Crippen LogP contribution >= 0.6 is 0 Å². The van der Waals surface area contributed by atoms with E-state index in [2.05, 4.69) is 10.1 Å². The van der Waals surface area contributed by atoms with E-state index in [1.807, 2.05) is 0 Å². The van der Waals surface area contributed by atoms with Gasteiger partial charge in [0.2, 0.25) is 5.82 Å². The predicted octanol–water partition coefficient (Wildman–Crippen LogP) is -0.290. The van der Waals surface area contributed by atoms with E-state index in [1.165, 1.54) is 6.33 Å². The molecular formula is C9H14N4O2. The number of nitrogens with two attached hydrogens (primary N) is 1. The van der Waals surface area contributed by atoms with Crippen LogP contribution in [0.5, 0.6) is 0 Å². The first-order valence-corrected chi connectivity index (χ1v) is 5.02. The van der Waals surface area contributed by atoms with Crippen LogP contribution in [0.25, 0.3) is 0 Å². The third-order valence-electron chi connectivity index (χ3n) is 2.87. The largest absolute Gasteiger partial charge is 0.396 e. The third kappa shape index (κ3) is 1.99. The van der Waals surface area contributed by atoms with Gasteiger partial charge in [0.15, 0.2) is 0 Å². The number of aromatic nitrogens is 3. The van der Waals surface area contributed by atoms with Crippen molar-refractivity contribution in [2.24, 2.45) is 11.7 Å². The predicted molar refractivity (Wildman–Crippen MR) is 52.0 cm³/mol. The van der Waals surface area contributed by atoms with Crippen LogP contribution in [0.15, 0.2) is 6.33 Å². The Morgan fingerprint density at radius 3 is 3.00 bits per heavy atom. The van der Waals surface area contributed by atoms with E-state index in [9.17, 15) is 4.79 Å². The van der Waals surface area contributed by atoms with Gasteiger partial charge in [0, 0.05) is 6.61 Å². The molecule has 1 aromatic rings. The molecule has 1 amide bonds. The van der Waals surface area contributed by atoms with E-state index in [0.29, 0.717) is 5.92 Å². The van der Waals surface area contributed by atoms with Gasteiger partial charge < -0.3 is 10.8 Å². The van der Waals surface area contributed by atoms with Crippen LogP contribution in [0, 0.1) is 5.92 Å². The van der Waals surface area contributed by atoms with Crippen molar-refractivity contribution in [3.8, 4) is 0 Å². The van der Waals surface area contributed by atoms with Crippen molar-refractivity contribution >= 4 is 5.91 Å². The van der Waals surface area contributed by atoms with E-state index in [1.54, 1.807) is 4.68 Å². The first kappa shape index (κ1) is 10.1. The van der Waals surface area contributed by atoms with Gasteiger partial charge in [0.05, 0.1) is 6.04 Å². The van der Waals surface area contributed by atoms with Gasteiger partial charge in [-0.3, -0.25) is 4.79 Å². The maximum Gasteiger partial charge on any atom is 0.288 e. The number of aliphatic hydroxyl groups excluding tert-OH is 1. The summed E-state index contributed by atoms with van der Waals surface area (Å²) in [6, 6.07) is 0.239. The summed E-state index contributed by atoms with van der Waals surface area (Å²) in [7, 11) is 0. The quantitative estimate of drug-likeness (QED) is 0.716. The standard InChI is InChI=1S/C9H14N4O2/c10-8(15)9-11-5-13(12-9)7-2-1-6(3-7)4-14/h5-7,14H,1-4H2,(H2,10,15). The summed E-state index contributed by atoms with van der Waals surface area (Å²) in [5, 5.41) is 13.0. The number of aliphatic hydroxyl groups is 1. The zero-order valence-corrected chi connectivity index (χ0v) is 8.33. The van der Waals surface area contributed by atoms with Gasteiger partial charge in [-0.15, -0.1) is 5.10 Å². The summed E-state index contributed by atoms with van der Waals surface area (Å²) in [5.74, 6) is -0.205. The molecule has 0 saturated heterocycles. The van der Waals surface area contributed by atoms with Gasteiger partial charge in [-0.05, 0) is 25.2 Å². The number of amides is 1. The first-order chi connectivity index (χ1) is 7.20. The van der Waals surface area contributed by atoms with Crippen LogP contribution in [0.4, 0.5) is 0 Å². The van der Waals surface area contributed by atoms with Crippen molar-refractivity contribution in [3.63, 3.8) is 0 Å². The van der Waals surface area contributed by atoms with Gasteiger partial charge in [-0.2, -0.15) is 0 Å². The molecule has 3 N–H and O–H groups in total. The summed E-state index contributed by atoms with van der Waals surface area (Å²) in [6.45, 7) is 0.216. The fraction of sp³-hybridized carbons (Fsp3) is 0.667. The smallest absolute Gasteiger partial charge is 0.288 e. The molecule has 0 aliphatic heterocycles. The minimum atomic E-state index is -0.606. The fourth-order valence-electron chi connectivity index (χ4n) is 2.02. The highest BCUT2D eigenvalue weighted by atomic mass is 16.3. The molecule has 1 aliphatic carbocycles. The lowest BCUT2D eigenvalue weighted by atomic mass is 10.1. The van der Waals surface area contributed by atoms with Crippen LogP contribution in [-0.2, 0) is 0 Å². The third-order valence-corrected chi connectivity index (χ3v) is 2.87. The molecule has 2 atom stereocenters. The summed E-state index contributed by atoms with van der Waals surface area (Å²) in [5.41, 5.74) is 5.06. The maximum atomic E-state index is 10.8. The van der Waals surface area contributed by atoms with Crippen molar-refractivity contribution in [1.82, 2.24) is 14.8 Å². The molecule has 2 rings (SSSR count). The van der Waals surface area contributed by atoms with Crippen molar-refractivity contribution in [1.29, 1.82) is 0 Å². The lowest BCUT2D eigenvalue weighted by Crippen LogP contribution is -2.14. The van der Waals surface area contributed by atoms with Crippen molar-refractivity contribution in [3.05, 3.63) is 12.2 Å². The zero-order valence-electron chi connectivity index (χ0n) is 8.33. The lowest BCUT2D eigenvalue weighted by Gasteiger charge is -2.08. The van der Waals surface area contributed by atoms with Gasteiger partial charge in [0.1, 0.15) is 6.33 Å². The normalized spacial score (nSPS) is 25.7. The van der Waals surface area contributed by atoms with E-state index in [-0.39, 0.29) is 18.5 Å². The second-order valence-electron chi connectivity index (χ2n) is 3.93. The van der Waals surface area contributed by atoms with E-state index < -0.39 is 5.91 Å². The van der Waals surface area contributed by atoms with Crippen molar-refractivity contribution in [2.45, 2.75) is 25.3 Å². The number of primary amides is 1. The SMILES string of the molecule is NC(=O)c1ncn(C2CCC(CO)C2)n1. The number of rotatable bonds is 3. The van der Waals surface area contributed by atoms with Crippen LogP contribution < -0.4 is 5.73 Å². The number of hydrogen-bond donors (Lipinski definition) is 2. The monoisotopic (exact) mass is 210 g/mol. The van der Waals surface area contributed by atoms with Crippen LogP contribution in [0.2, 0.25) is 0 Å². The van der Waals surface area contributed by atoms with Crippen LogP contribution in [0.1, 0.15) is 35.9 Å². The highest BCUT2D eigenvalue weighted by Gasteiger charge is 2.26. The molecule has 6 heteroatoms. The number of carbonyl (C=O) groups excluding carboxylic acids is 1. The summed E-state index contributed by atoms with van der Waals surface area (Å²) in [4.78, 5) is 14.6. The minimum absolute atomic E-state index is 0.0578. The molecule has 82 valence electrons. The molecule has 2 unspecified atom stereocenters. The molecule has 1 aromatic heterocycles. The molecule has 1 saturated carbocycles. The van der Waals surface area contributed by atoms with Gasteiger partial charge >= 0.3 is 0 Å². The van der Waals surface area contributed by atoms with Crippen LogP contribution in [0.3, 0.4) is 0 Å². The van der Waals surface area contributed by atoms with E-state index in [0.717, 1.165) is 19.3 Å². The Balaban J connectivity index is 2.07. The van der Waals surface area contributed by atoms with Crippen LogP contribution in [-0.4, -0.2) is 32.4 Å². The van der Waals surface area contributed by atoms with Gasteiger partial charge in [-0.25, -0.2) is 9.67 Å². The Bertz CT molecular complexity index is 363. The van der Waals surface area contributed by atoms with Crippen molar-refractivity contribution < 1.29 is 9.90 Å². The Hall–Kier alpha value is -1.43. The molecule has 0 radical (unpaired) electrons. The fourth-order valence-corrected chi connectivity index (χ4v) is 2.02. The Labute approximate surface area is 87.1 Å². The first-order valence-electron chi connectivity index (χ1n) is 5.02. The van der Waals surface area contributed by atoms with E-state index >= 15 is 0 Å². The Kier molecular flexibility index (Phi) is 2.68. The average Bonchev–Trinajstić information content (AvgIpc) is 2.86. The molecule has 1 heterocycles. The zero-order chi connectivity index (χ0) is 10.8. The lowest BCUT2D eigenvalue weighted by molar-refractivity contribution is 0.0990. The molecule has 0 aromatic carbocycles. The molecule has 0 bridgehead atoms. The average molecular weight is 210 g/mol. The second-order valence-corrected chi connectivity index (χ2v) is 3.93. The molecule has 1 fully saturated rings. The second kappa shape index (κ2) is 3.98. The summed E-state index contributed by atoms with van der Waals surface area (Å²) >= 11 is 0. The highest BCUT2D eigenvalue weighted by molar-refractivity contribution is 5.88. The topological polar surface area (TPSA) is 94.0 Å². The molecule has 6 nitrogen and oxygen atoms in total. The number of carbonyl (C=O) groups is 1. The Morgan fingerprint density at radius 2 is 2.47 bits per heavy atom. The minimum Gasteiger partial charge on any atom is -0.396 e. The highest BCUT2D eigenvalue weighted by Crippen LogP contribution is 2.33. The molecular weight excluding hydrogens is 196 g/mol. The van der Waals surface area contributed by atoms with E-state index in [4.69, 9.17) is 10.8 Å². The van der Waals surface area contributed by atoms with Crippen molar-refractivity contribution in [2.75, 3.05) is 6.61 Å². The number of nitrogens with zero attached hydrogens (tertiary/aromatic N) is 3.